The summed E-state index contributed by atoms with van der Waals surface area (Å²) >= 11 is 7.51. The van der Waals surface area contributed by atoms with Gasteiger partial charge in [-0.15, -0.1) is 11.3 Å². The number of hydrogen-bond donors (Lipinski definition) is 2. The fourth-order valence-electron chi connectivity index (χ4n) is 2.38. The van der Waals surface area contributed by atoms with Crippen molar-refractivity contribution in [2.45, 2.75) is 19.9 Å². The lowest BCUT2D eigenvalue weighted by molar-refractivity contribution is 0.161. The molecule has 2 aromatic heterocycles. The summed E-state index contributed by atoms with van der Waals surface area (Å²) in [6.45, 7) is 2.99. The van der Waals surface area contributed by atoms with Crippen LogP contribution in [0.15, 0.2) is 53.1 Å². The molecule has 0 aliphatic rings. The lowest BCUT2D eigenvalue weighted by atomic mass is 10.1. The summed E-state index contributed by atoms with van der Waals surface area (Å²) in [5, 5.41) is 6.13. The summed E-state index contributed by atoms with van der Waals surface area (Å²) in [6, 6.07) is 13.2. The summed E-state index contributed by atoms with van der Waals surface area (Å²) in [6.07, 6.45) is 1.89. The highest BCUT2D eigenvalue weighted by Gasteiger charge is 2.12. The topological polar surface area (TPSA) is 63.5 Å². The Labute approximate surface area is 160 Å². The molecule has 0 unspecified atom stereocenters. The van der Waals surface area contributed by atoms with Crippen LogP contribution in [0.25, 0.3) is 11.3 Å². The van der Waals surface area contributed by atoms with E-state index in [4.69, 9.17) is 20.8 Å². The smallest absolute Gasteiger partial charge is 0.411 e. The van der Waals surface area contributed by atoms with Crippen molar-refractivity contribution in [3.63, 3.8) is 0 Å². The van der Waals surface area contributed by atoms with Crippen LogP contribution in [0.4, 0.5) is 16.2 Å². The van der Waals surface area contributed by atoms with E-state index in [1.165, 1.54) is 11.3 Å². The third kappa shape index (κ3) is 4.80. The molecule has 136 valence electrons. The number of benzene rings is 1. The van der Waals surface area contributed by atoms with Crippen LogP contribution >= 0.6 is 22.9 Å². The number of anilines is 2. The van der Waals surface area contributed by atoms with Gasteiger partial charge in [-0.3, -0.25) is 5.32 Å². The molecule has 26 heavy (non-hydrogen) atoms. The third-order valence-electron chi connectivity index (χ3n) is 3.58. The fourth-order valence-corrected chi connectivity index (χ4v) is 3.40. The molecule has 1 aromatic carbocycles. The zero-order valence-corrected chi connectivity index (χ0v) is 15.8. The first-order valence-electron chi connectivity index (χ1n) is 8.25. The summed E-state index contributed by atoms with van der Waals surface area (Å²) in [4.78, 5) is 13.0. The summed E-state index contributed by atoms with van der Waals surface area (Å²) in [5.41, 5.74) is 2.32. The van der Waals surface area contributed by atoms with E-state index < -0.39 is 6.09 Å². The lowest BCUT2D eigenvalue weighted by Gasteiger charge is -2.13. The average Bonchev–Trinajstić information content (AvgIpc) is 3.31. The van der Waals surface area contributed by atoms with E-state index in [-0.39, 0.29) is 0 Å². The minimum absolute atomic E-state index is 0.380. The largest absolute Gasteiger partial charge is 0.464 e. The molecular weight excluding hydrogens is 372 g/mol. The first-order chi connectivity index (χ1) is 12.7. The molecular formula is C19H19ClN2O3S. The van der Waals surface area contributed by atoms with Crippen molar-refractivity contribution >= 4 is 40.4 Å². The minimum atomic E-state index is -0.478. The highest BCUT2D eigenvalue weighted by molar-refractivity contribution is 7.16. The normalized spacial score (nSPS) is 10.5. The van der Waals surface area contributed by atoms with Crippen LogP contribution in [0.3, 0.4) is 0 Å². The van der Waals surface area contributed by atoms with E-state index in [1.54, 1.807) is 6.26 Å². The monoisotopic (exact) mass is 390 g/mol. The van der Waals surface area contributed by atoms with Gasteiger partial charge in [0.15, 0.2) is 0 Å². The van der Waals surface area contributed by atoms with Crippen molar-refractivity contribution in [1.29, 1.82) is 0 Å². The summed E-state index contributed by atoms with van der Waals surface area (Å²) < 4.78 is 11.4. The Kier molecular flexibility index (Phi) is 6.20. The average molecular weight is 391 g/mol. The molecule has 2 N–H and O–H groups in total. The van der Waals surface area contributed by atoms with Crippen LogP contribution in [0.1, 0.15) is 18.2 Å². The standard InChI is InChI=1S/C19H19ClN2O3S/c1-2-9-25-19(23)22-16-7-5-13(11-15(16)17-4-3-10-24-17)21-12-14-6-8-18(20)26-14/h3-8,10-11,21H,2,9,12H2,1H3,(H,22,23). The first-order valence-corrected chi connectivity index (χ1v) is 9.45. The van der Waals surface area contributed by atoms with Gasteiger partial charge in [-0.25, -0.2) is 4.79 Å². The molecule has 0 aliphatic carbocycles. The van der Waals surface area contributed by atoms with Crippen LogP contribution < -0.4 is 10.6 Å². The number of carbonyl (C=O) groups excluding carboxylic acids is 1. The molecule has 0 spiro atoms. The number of furan rings is 1. The van der Waals surface area contributed by atoms with Gasteiger partial charge in [0, 0.05) is 22.7 Å². The van der Waals surface area contributed by atoms with Gasteiger partial charge >= 0.3 is 6.09 Å². The van der Waals surface area contributed by atoms with Crippen molar-refractivity contribution in [3.8, 4) is 11.3 Å². The minimum Gasteiger partial charge on any atom is -0.464 e. The summed E-state index contributed by atoms with van der Waals surface area (Å²) in [5.74, 6) is 0.665. The second-order valence-electron chi connectivity index (χ2n) is 5.56. The molecule has 5 nitrogen and oxygen atoms in total. The number of ether oxygens (including phenoxy) is 1. The molecule has 7 heteroatoms. The zero-order chi connectivity index (χ0) is 18.4. The molecule has 3 rings (SSSR count). The van der Waals surface area contributed by atoms with Crippen molar-refractivity contribution in [1.82, 2.24) is 0 Å². The van der Waals surface area contributed by atoms with Crippen molar-refractivity contribution in [2.75, 3.05) is 17.2 Å². The van der Waals surface area contributed by atoms with Crippen molar-refractivity contribution in [2.24, 2.45) is 0 Å². The van der Waals surface area contributed by atoms with E-state index >= 15 is 0 Å². The number of hydrogen-bond acceptors (Lipinski definition) is 5. The molecule has 1 amide bonds. The maximum atomic E-state index is 11.9. The Balaban J connectivity index is 1.78. The zero-order valence-electron chi connectivity index (χ0n) is 14.3. The maximum absolute atomic E-state index is 11.9. The van der Waals surface area contributed by atoms with Gasteiger partial charge in [-0.2, -0.15) is 0 Å². The number of nitrogens with one attached hydrogen (secondary N) is 2. The van der Waals surface area contributed by atoms with Crippen LogP contribution in [0.2, 0.25) is 4.34 Å². The maximum Gasteiger partial charge on any atom is 0.411 e. The molecule has 0 atom stereocenters. The van der Waals surface area contributed by atoms with Crippen molar-refractivity contribution < 1.29 is 13.9 Å². The van der Waals surface area contributed by atoms with Gasteiger partial charge in [-0.1, -0.05) is 18.5 Å². The first kappa shape index (κ1) is 18.4. The van der Waals surface area contributed by atoms with Gasteiger partial charge in [-0.05, 0) is 48.9 Å². The van der Waals surface area contributed by atoms with Crippen LogP contribution in [-0.2, 0) is 11.3 Å². The Morgan fingerprint density at radius 1 is 1.27 bits per heavy atom. The van der Waals surface area contributed by atoms with E-state index in [2.05, 4.69) is 10.6 Å². The summed E-state index contributed by atoms with van der Waals surface area (Å²) in [7, 11) is 0. The van der Waals surface area contributed by atoms with Crippen LogP contribution in [0.5, 0.6) is 0 Å². The van der Waals surface area contributed by atoms with Gasteiger partial charge < -0.3 is 14.5 Å². The molecule has 0 saturated heterocycles. The highest BCUT2D eigenvalue weighted by Crippen LogP contribution is 2.32. The van der Waals surface area contributed by atoms with Gasteiger partial charge in [0.05, 0.1) is 22.9 Å². The van der Waals surface area contributed by atoms with E-state index in [0.29, 0.717) is 24.6 Å². The lowest BCUT2D eigenvalue weighted by Crippen LogP contribution is -2.14. The van der Waals surface area contributed by atoms with Gasteiger partial charge in [0.1, 0.15) is 5.76 Å². The van der Waals surface area contributed by atoms with Crippen LogP contribution in [0, 0.1) is 0 Å². The molecule has 0 aliphatic heterocycles. The third-order valence-corrected chi connectivity index (χ3v) is 4.81. The number of amides is 1. The predicted octanol–water partition coefficient (Wildman–Crippen LogP) is 6.23. The van der Waals surface area contributed by atoms with E-state index in [9.17, 15) is 4.79 Å². The highest BCUT2D eigenvalue weighted by atomic mass is 35.5. The molecule has 2 heterocycles. The molecule has 0 fully saturated rings. The van der Waals surface area contributed by atoms with Crippen LogP contribution in [-0.4, -0.2) is 12.7 Å². The molecule has 0 radical (unpaired) electrons. The fraction of sp³-hybridized carbons (Fsp3) is 0.211. The number of rotatable bonds is 7. The predicted molar refractivity (Wildman–Crippen MR) is 106 cm³/mol. The Morgan fingerprint density at radius 3 is 2.85 bits per heavy atom. The molecule has 3 aromatic rings. The second-order valence-corrected chi connectivity index (χ2v) is 7.36. The number of thiophene rings is 1. The van der Waals surface area contributed by atoms with Gasteiger partial charge in [0.2, 0.25) is 0 Å². The molecule has 0 bridgehead atoms. The number of carbonyl (C=O) groups is 1. The Morgan fingerprint density at radius 2 is 2.15 bits per heavy atom. The second kappa shape index (κ2) is 8.78. The quantitative estimate of drug-likeness (QED) is 0.501. The van der Waals surface area contributed by atoms with E-state index in [1.807, 2.05) is 49.4 Å². The molecule has 0 saturated carbocycles. The van der Waals surface area contributed by atoms with Crippen molar-refractivity contribution in [3.05, 3.63) is 57.9 Å². The number of halogens is 1. The van der Waals surface area contributed by atoms with Gasteiger partial charge in [0.25, 0.3) is 0 Å². The SMILES string of the molecule is CCCOC(=O)Nc1ccc(NCc2ccc(Cl)s2)cc1-c1ccco1. The van der Waals surface area contributed by atoms with E-state index in [0.717, 1.165) is 26.9 Å². The Hall–Kier alpha value is -2.44. The Bertz CT molecular complexity index is 862.